The van der Waals surface area contributed by atoms with Gasteiger partial charge in [-0.25, -0.2) is 4.98 Å². The van der Waals surface area contributed by atoms with Crippen molar-refractivity contribution in [2.45, 2.75) is 45.4 Å². The Labute approximate surface area is 128 Å². The summed E-state index contributed by atoms with van der Waals surface area (Å²) in [6.07, 6.45) is 6.59. The van der Waals surface area contributed by atoms with Crippen molar-refractivity contribution in [1.82, 2.24) is 10.3 Å². The highest BCUT2D eigenvalue weighted by molar-refractivity contribution is 7.21. The van der Waals surface area contributed by atoms with Crippen LogP contribution in [-0.4, -0.2) is 17.4 Å². The molecule has 0 aliphatic heterocycles. The van der Waals surface area contributed by atoms with E-state index in [1.54, 1.807) is 0 Å². The second kappa shape index (κ2) is 6.02. The summed E-state index contributed by atoms with van der Waals surface area (Å²) < 4.78 is 0. The Balaban J connectivity index is 1.93. The molecule has 1 aliphatic rings. The lowest BCUT2D eigenvalue weighted by atomic mass is 9.95. The molecule has 4 nitrogen and oxygen atoms in total. The van der Waals surface area contributed by atoms with E-state index in [1.165, 1.54) is 35.4 Å². The van der Waals surface area contributed by atoms with E-state index in [-0.39, 0.29) is 5.91 Å². The zero-order valence-corrected chi connectivity index (χ0v) is 13.2. The lowest BCUT2D eigenvalue weighted by Gasteiger charge is -2.14. The quantitative estimate of drug-likeness (QED) is 0.852. The van der Waals surface area contributed by atoms with Gasteiger partial charge < -0.3 is 11.1 Å². The van der Waals surface area contributed by atoms with Gasteiger partial charge in [0.2, 0.25) is 0 Å². The maximum absolute atomic E-state index is 12.2. The van der Waals surface area contributed by atoms with Crippen LogP contribution < -0.4 is 11.1 Å². The minimum atomic E-state index is -0.0677. The Kier molecular flexibility index (Phi) is 4.10. The lowest BCUT2D eigenvalue weighted by Crippen LogP contribution is -2.24. The predicted octanol–water partition coefficient (Wildman–Crippen LogP) is 3.29. The van der Waals surface area contributed by atoms with Crippen molar-refractivity contribution in [1.29, 1.82) is 0 Å². The molecular formula is C16H21N3OS. The fraction of sp³-hybridized carbons (Fsp3) is 0.500. The number of carbonyl (C=O) groups excluding carboxylic acids is 1. The van der Waals surface area contributed by atoms with Crippen LogP contribution in [0.1, 0.15) is 53.5 Å². The summed E-state index contributed by atoms with van der Waals surface area (Å²) in [6.45, 7) is 2.81. The number of hydrogen-bond acceptors (Lipinski definition) is 4. The number of anilines is 1. The van der Waals surface area contributed by atoms with Crippen molar-refractivity contribution in [3.8, 4) is 0 Å². The Morgan fingerprint density at radius 2 is 2.24 bits per heavy atom. The summed E-state index contributed by atoms with van der Waals surface area (Å²) in [6, 6.07) is 2.14. The van der Waals surface area contributed by atoms with Crippen molar-refractivity contribution >= 4 is 33.1 Å². The number of aromatic nitrogens is 1. The molecule has 5 heteroatoms. The van der Waals surface area contributed by atoms with E-state index >= 15 is 0 Å². The molecule has 3 N–H and O–H groups in total. The molecule has 2 heterocycles. The molecule has 0 bridgehead atoms. The van der Waals surface area contributed by atoms with Gasteiger partial charge >= 0.3 is 0 Å². The maximum atomic E-state index is 12.2. The van der Waals surface area contributed by atoms with E-state index in [1.807, 2.05) is 0 Å². The number of amides is 1. The van der Waals surface area contributed by atoms with Crippen molar-refractivity contribution in [3.05, 3.63) is 22.2 Å². The molecule has 2 aromatic heterocycles. The molecule has 0 radical (unpaired) electrons. The summed E-state index contributed by atoms with van der Waals surface area (Å²) in [7, 11) is 0. The summed E-state index contributed by atoms with van der Waals surface area (Å²) in [5, 5.41) is 3.88. The summed E-state index contributed by atoms with van der Waals surface area (Å²) in [5.41, 5.74) is 9.26. The van der Waals surface area contributed by atoms with E-state index in [2.05, 4.69) is 18.3 Å². The maximum Gasteiger partial charge on any atom is 0.263 e. The van der Waals surface area contributed by atoms with E-state index < -0.39 is 0 Å². The molecule has 21 heavy (non-hydrogen) atoms. The molecular weight excluding hydrogens is 282 g/mol. The van der Waals surface area contributed by atoms with Gasteiger partial charge in [0, 0.05) is 17.6 Å². The highest BCUT2D eigenvalue weighted by Crippen LogP contribution is 2.35. The van der Waals surface area contributed by atoms with E-state index in [0.717, 1.165) is 35.9 Å². The van der Waals surface area contributed by atoms with Gasteiger partial charge in [0.25, 0.3) is 5.91 Å². The zero-order valence-electron chi connectivity index (χ0n) is 12.4. The van der Waals surface area contributed by atoms with Crippen LogP contribution in [-0.2, 0) is 12.8 Å². The monoisotopic (exact) mass is 303 g/mol. The number of nitrogens with two attached hydrogens (primary N) is 1. The molecule has 0 atom stereocenters. The molecule has 2 aromatic rings. The molecule has 0 unspecified atom stereocenters. The smallest absolute Gasteiger partial charge is 0.263 e. The van der Waals surface area contributed by atoms with Crippen molar-refractivity contribution < 1.29 is 4.79 Å². The molecule has 1 aliphatic carbocycles. The van der Waals surface area contributed by atoms with Gasteiger partial charge in [-0.15, -0.1) is 11.3 Å². The number of rotatable bonds is 4. The zero-order chi connectivity index (χ0) is 14.8. The molecule has 0 aromatic carbocycles. The van der Waals surface area contributed by atoms with Gasteiger partial charge in [0.1, 0.15) is 9.71 Å². The van der Waals surface area contributed by atoms with E-state index in [9.17, 15) is 4.79 Å². The number of unbranched alkanes of at least 4 members (excludes halogenated alkanes) is 1. The number of aryl methyl sites for hydroxylation is 2. The SMILES string of the molecule is CCCCNC(=O)c1sc2nc3c(cc2c1N)CCCC3. The molecule has 0 spiro atoms. The van der Waals surface area contributed by atoms with Crippen LogP contribution in [0.3, 0.4) is 0 Å². The Morgan fingerprint density at radius 3 is 3.05 bits per heavy atom. The van der Waals surface area contributed by atoms with Gasteiger partial charge in [0.15, 0.2) is 0 Å². The Morgan fingerprint density at radius 1 is 1.43 bits per heavy atom. The van der Waals surface area contributed by atoms with E-state index in [4.69, 9.17) is 10.7 Å². The van der Waals surface area contributed by atoms with Crippen LogP contribution in [0.5, 0.6) is 0 Å². The molecule has 0 saturated heterocycles. The number of nitrogens with one attached hydrogen (secondary N) is 1. The number of carbonyl (C=O) groups is 1. The van der Waals surface area contributed by atoms with Gasteiger partial charge in [-0.1, -0.05) is 13.3 Å². The first-order valence-electron chi connectivity index (χ1n) is 7.69. The number of hydrogen-bond donors (Lipinski definition) is 2. The van der Waals surface area contributed by atoms with Crippen LogP contribution in [0.2, 0.25) is 0 Å². The average Bonchev–Trinajstić information content (AvgIpc) is 2.82. The number of fused-ring (bicyclic) bond motifs is 2. The Hall–Kier alpha value is -1.62. The molecule has 112 valence electrons. The second-order valence-corrected chi connectivity index (χ2v) is 6.61. The third kappa shape index (κ3) is 2.75. The third-order valence-electron chi connectivity index (χ3n) is 4.02. The first-order valence-corrected chi connectivity index (χ1v) is 8.51. The fourth-order valence-electron chi connectivity index (χ4n) is 2.79. The van der Waals surface area contributed by atoms with Gasteiger partial charge in [0.05, 0.1) is 5.69 Å². The van der Waals surface area contributed by atoms with Crippen LogP contribution in [0.4, 0.5) is 5.69 Å². The molecule has 3 rings (SSSR count). The highest BCUT2D eigenvalue weighted by atomic mass is 32.1. The number of nitrogen functional groups attached to an aromatic ring is 1. The summed E-state index contributed by atoms with van der Waals surface area (Å²) >= 11 is 1.41. The van der Waals surface area contributed by atoms with Crippen molar-refractivity contribution in [2.24, 2.45) is 0 Å². The lowest BCUT2D eigenvalue weighted by molar-refractivity contribution is 0.0958. The first kappa shape index (κ1) is 14.3. The third-order valence-corrected chi connectivity index (χ3v) is 5.14. The van der Waals surface area contributed by atoms with Crippen LogP contribution >= 0.6 is 11.3 Å². The standard InChI is InChI=1S/C16H21N3OS/c1-2-3-8-18-15(20)14-13(17)11-9-10-6-4-5-7-12(10)19-16(11)21-14/h9H,2-8,17H2,1H3,(H,18,20). The molecule has 0 saturated carbocycles. The minimum Gasteiger partial charge on any atom is -0.397 e. The predicted molar refractivity (Wildman–Crippen MR) is 87.9 cm³/mol. The number of pyridine rings is 1. The van der Waals surface area contributed by atoms with Crippen LogP contribution in [0.25, 0.3) is 10.2 Å². The van der Waals surface area contributed by atoms with Crippen molar-refractivity contribution in [2.75, 3.05) is 12.3 Å². The number of thiophene rings is 1. The van der Waals surface area contributed by atoms with Crippen molar-refractivity contribution in [3.63, 3.8) is 0 Å². The second-order valence-electron chi connectivity index (χ2n) is 5.61. The summed E-state index contributed by atoms with van der Waals surface area (Å²) in [4.78, 5) is 18.5. The number of nitrogens with zero attached hydrogens (tertiary/aromatic N) is 1. The van der Waals surface area contributed by atoms with E-state index in [0.29, 0.717) is 17.1 Å². The van der Waals surface area contributed by atoms with Crippen LogP contribution in [0, 0.1) is 0 Å². The average molecular weight is 303 g/mol. The first-order chi connectivity index (χ1) is 10.2. The van der Waals surface area contributed by atoms with Crippen LogP contribution in [0.15, 0.2) is 6.07 Å². The topological polar surface area (TPSA) is 68.0 Å². The fourth-order valence-corrected chi connectivity index (χ4v) is 3.80. The van der Waals surface area contributed by atoms with Gasteiger partial charge in [-0.3, -0.25) is 4.79 Å². The molecule has 0 fully saturated rings. The minimum absolute atomic E-state index is 0.0677. The Bertz CT molecular complexity index is 678. The van der Waals surface area contributed by atoms with Gasteiger partial charge in [-0.05, 0) is 43.7 Å². The summed E-state index contributed by atoms with van der Waals surface area (Å²) in [5.74, 6) is -0.0677. The normalized spacial score (nSPS) is 14.1. The largest absolute Gasteiger partial charge is 0.397 e. The highest BCUT2D eigenvalue weighted by Gasteiger charge is 2.20. The molecule has 1 amide bonds. The van der Waals surface area contributed by atoms with Gasteiger partial charge in [-0.2, -0.15) is 0 Å².